The minimum atomic E-state index is 0.423. The van der Waals surface area contributed by atoms with E-state index in [1.165, 1.54) is 0 Å². The number of fused-ring (bicyclic) bond motifs is 1. The van der Waals surface area contributed by atoms with Crippen LogP contribution in [0.15, 0.2) is 54.7 Å². The molecule has 20 heavy (non-hydrogen) atoms. The Labute approximate surface area is 117 Å². The van der Waals surface area contributed by atoms with E-state index in [1.807, 2.05) is 48.5 Å². The second kappa shape index (κ2) is 5.67. The number of hydrogen-bond donors (Lipinski definition) is 1. The summed E-state index contributed by atoms with van der Waals surface area (Å²) in [4.78, 5) is 8.72. The van der Waals surface area contributed by atoms with Crippen molar-refractivity contribution in [2.24, 2.45) is 5.73 Å². The largest absolute Gasteiger partial charge is 0.487 e. The van der Waals surface area contributed by atoms with Crippen LogP contribution in [-0.2, 0) is 13.2 Å². The average Bonchev–Trinajstić information content (AvgIpc) is 2.53. The maximum Gasteiger partial charge on any atom is 0.130 e. The molecule has 100 valence electrons. The summed E-state index contributed by atoms with van der Waals surface area (Å²) in [7, 11) is 0. The first-order valence-electron chi connectivity index (χ1n) is 6.47. The van der Waals surface area contributed by atoms with Gasteiger partial charge in [0.1, 0.15) is 12.4 Å². The van der Waals surface area contributed by atoms with Gasteiger partial charge in [0.05, 0.1) is 16.9 Å². The van der Waals surface area contributed by atoms with E-state index in [-0.39, 0.29) is 0 Å². The van der Waals surface area contributed by atoms with E-state index < -0.39 is 0 Å². The second-order valence-electron chi connectivity index (χ2n) is 4.47. The zero-order valence-electron chi connectivity index (χ0n) is 11.0. The number of nitrogens with zero attached hydrogens (tertiary/aromatic N) is 2. The molecule has 4 heteroatoms. The van der Waals surface area contributed by atoms with Gasteiger partial charge in [-0.05, 0) is 30.3 Å². The van der Waals surface area contributed by atoms with Crippen molar-refractivity contribution >= 4 is 10.9 Å². The van der Waals surface area contributed by atoms with Crippen LogP contribution in [0.1, 0.15) is 11.4 Å². The predicted octanol–water partition coefficient (Wildman–Crippen LogP) is 2.67. The van der Waals surface area contributed by atoms with E-state index in [2.05, 4.69) is 9.97 Å². The Balaban J connectivity index is 1.76. The van der Waals surface area contributed by atoms with E-state index in [9.17, 15) is 0 Å². The lowest BCUT2D eigenvalue weighted by molar-refractivity contribution is 0.301. The van der Waals surface area contributed by atoms with Gasteiger partial charge in [0.2, 0.25) is 0 Å². The van der Waals surface area contributed by atoms with Crippen molar-refractivity contribution in [2.45, 2.75) is 13.2 Å². The first-order valence-corrected chi connectivity index (χ1v) is 6.47. The summed E-state index contributed by atoms with van der Waals surface area (Å²) in [6.45, 7) is 0.861. The molecule has 0 aliphatic heterocycles. The molecule has 0 radical (unpaired) electrons. The quantitative estimate of drug-likeness (QED) is 0.787. The summed E-state index contributed by atoms with van der Waals surface area (Å²) >= 11 is 0. The Morgan fingerprint density at radius 3 is 2.80 bits per heavy atom. The minimum Gasteiger partial charge on any atom is -0.487 e. The Hall–Kier alpha value is -2.46. The van der Waals surface area contributed by atoms with Crippen molar-refractivity contribution in [3.05, 3.63) is 66.1 Å². The fourth-order valence-electron chi connectivity index (χ4n) is 2.02. The van der Waals surface area contributed by atoms with Gasteiger partial charge in [-0.25, -0.2) is 0 Å². The van der Waals surface area contributed by atoms with Gasteiger partial charge in [-0.3, -0.25) is 9.97 Å². The SMILES string of the molecule is NCc1cccc(COc2ccc3cccnc3c2)n1. The first kappa shape index (κ1) is 12.6. The highest BCUT2D eigenvalue weighted by atomic mass is 16.5. The minimum absolute atomic E-state index is 0.423. The number of pyridine rings is 2. The summed E-state index contributed by atoms with van der Waals surface area (Å²) in [5, 5.41) is 1.10. The Morgan fingerprint density at radius 1 is 1.00 bits per heavy atom. The zero-order chi connectivity index (χ0) is 13.8. The number of nitrogens with two attached hydrogens (primary N) is 1. The molecule has 3 aromatic rings. The number of ether oxygens (including phenoxy) is 1. The standard InChI is InChI=1S/C16H15N3O/c17-10-13-4-1-5-14(19-13)11-20-15-7-6-12-3-2-8-18-16(12)9-15/h1-9H,10-11,17H2. The fourth-order valence-corrected chi connectivity index (χ4v) is 2.02. The molecule has 0 fully saturated rings. The van der Waals surface area contributed by atoms with Crippen molar-refractivity contribution in [3.8, 4) is 5.75 Å². The molecule has 0 amide bonds. The molecule has 0 unspecified atom stereocenters. The third kappa shape index (κ3) is 2.75. The Bertz CT molecular complexity index is 727. The summed E-state index contributed by atoms with van der Waals surface area (Å²) in [5.74, 6) is 0.788. The molecule has 2 N–H and O–H groups in total. The molecule has 4 nitrogen and oxygen atoms in total. The van der Waals surface area contributed by atoms with Crippen LogP contribution in [0.2, 0.25) is 0 Å². The number of rotatable bonds is 4. The molecule has 0 bridgehead atoms. The summed E-state index contributed by atoms with van der Waals surface area (Å²) < 4.78 is 5.76. The lowest BCUT2D eigenvalue weighted by atomic mass is 10.2. The highest BCUT2D eigenvalue weighted by Crippen LogP contribution is 2.19. The van der Waals surface area contributed by atoms with Gasteiger partial charge in [0.25, 0.3) is 0 Å². The molecule has 2 aromatic heterocycles. The van der Waals surface area contributed by atoms with Crippen molar-refractivity contribution in [3.63, 3.8) is 0 Å². The van der Waals surface area contributed by atoms with Crippen molar-refractivity contribution in [2.75, 3.05) is 0 Å². The van der Waals surface area contributed by atoms with E-state index in [0.717, 1.165) is 28.0 Å². The number of hydrogen-bond acceptors (Lipinski definition) is 4. The van der Waals surface area contributed by atoms with Gasteiger partial charge >= 0.3 is 0 Å². The van der Waals surface area contributed by atoms with E-state index in [0.29, 0.717) is 13.2 Å². The second-order valence-corrected chi connectivity index (χ2v) is 4.47. The maximum absolute atomic E-state index is 5.76. The zero-order valence-corrected chi connectivity index (χ0v) is 11.0. The van der Waals surface area contributed by atoms with Crippen molar-refractivity contribution < 1.29 is 4.74 Å². The van der Waals surface area contributed by atoms with Crippen LogP contribution in [0.3, 0.4) is 0 Å². The van der Waals surface area contributed by atoms with Crippen LogP contribution < -0.4 is 10.5 Å². The smallest absolute Gasteiger partial charge is 0.130 e. The van der Waals surface area contributed by atoms with Crippen LogP contribution in [0.25, 0.3) is 10.9 Å². The van der Waals surface area contributed by atoms with Gasteiger partial charge in [-0.15, -0.1) is 0 Å². The molecule has 0 aliphatic rings. The molecule has 0 saturated heterocycles. The first-order chi connectivity index (χ1) is 9.85. The highest BCUT2D eigenvalue weighted by molar-refractivity contribution is 5.79. The normalized spacial score (nSPS) is 10.7. The summed E-state index contributed by atoms with van der Waals surface area (Å²) in [6, 6.07) is 15.6. The summed E-state index contributed by atoms with van der Waals surface area (Å²) in [6.07, 6.45) is 1.78. The van der Waals surface area contributed by atoms with E-state index >= 15 is 0 Å². The molecule has 3 rings (SSSR count). The topological polar surface area (TPSA) is 61.0 Å². The third-order valence-electron chi connectivity index (χ3n) is 3.04. The van der Waals surface area contributed by atoms with Gasteiger partial charge in [-0.2, -0.15) is 0 Å². The van der Waals surface area contributed by atoms with Crippen molar-refractivity contribution in [1.82, 2.24) is 9.97 Å². The molecule has 2 heterocycles. The van der Waals surface area contributed by atoms with Crippen LogP contribution in [0.4, 0.5) is 0 Å². The highest BCUT2D eigenvalue weighted by Gasteiger charge is 2.01. The van der Waals surface area contributed by atoms with Gasteiger partial charge < -0.3 is 10.5 Å². The fraction of sp³-hybridized carbons (Fsp3) is 0.125. The predicted molar refractivity (Wildman–Crippen MR) is 78.2 cm³/mol. The molecular formula is C16H15N3O. The molecule has 0 atom stereocenters. The molecular weight excluding hydrogens is 250 g/mol. The van der Waals surface area contributed by atoms with Gasteiger partial charge in [0, 0.05) is 24.2 Å². The summed E-state index contributed by atoms with van der Waals surface area (Å²) in [5.41, 5.74) is 8.24. The monoisotopic (exact) mass is 265 g/mol. The van der Waals surface area contributed by atoms with Crippen LogP contribution >= 0.6 is 0 Å². The lowest BCUT2D eigenvalue weighted by Crippen LogP contribution is -2.04. The molecule has 0 spiro atoms. The van der Waals surface area contributed by atoms with E-state index in [1.54, 1.807) is 6.20 Å². The molecule has 0 saturated carbocycles. The van der Waals surface area contributed by atoms with Gasteiger partial charge in [0.15, 0.2) is 0 Å². The Morgan fingerprint density at radius 2 is 1.90 bits per heavy atom. The molecule has 1 aromatic carbocycles. The van der Waals surface area contributed by atoms with Crippen molar-refractivity contribution in [1.29, 1.82) is 0 Å². The number of aromatic nitrogens is 2. The average molecular weight is 265 g/mol. The third-order valence-corrected chi connectivity index (χ3v) is 3.04. The lowest BCUT2D eigenvalue weighted by Gasteiger charge is -2.07. The van der Waals surface area contributed by atoms with E-state index in [4.69, 9.17) is 10.5 Å². The van der Waals surface area contributed by atoms with Crippen LogP contribution in [-0.4, -0.2) is 9.97 Å². The molecule has 0 aliphatic carbocycles. The van der Waals surface area contributed by atoms with Crippen LogP contribution in [0.5, 0.6) is 5.75 Å². The van der Waals surface area contributed by atoms with Gasteiger partial charge in [-0.1, -0.05) is 12.1 Å². The maximum atomic E-state index is 5.76. The van der Waals surface area contributed by atoms with Crippen LogP contribution in [0, 0.1) is 0 Å². The number of benzene rings is 1. The Kier molecular flexibility index (Phi) is 3.56.